The molecule has 0 atom stereocenters. The standard InChI is InChI=1S/C18H22N4/c1-12-4-2-3-5-16(12)17-19-21-22(20-17)18-9-13-6-14(10-18)8-15(7-13)11-18/h2-5,13-15H,6-11H2,1H3. The fourth-order valence-corrected chi connectivity index (χ4v) is 5.66. The Morgan fingerprint density at radius 3 is 2.27 bits per heavy atom. The Morgan fingerprint density at radius 1 is 1.00 bits per heavy atom. The van der Waals surface area contributed by atoms with Crippen molar-refractivity contribution in [2.45, 2.75) is 51.0 Å². The molecular formula is C18H22N4. The van der Waals surface area contributed by atoms with Crippen LogP contribution in [-0.2, 0) is 5.54 Å². The SMILES string of the molecule is Cc1ccccc1-c1nnn(C23CC4CC(CC(C4)C2)C3)n1. The van der Waals surface area contributed by atoms with Gasteiger partial charge in [-0.15, -0.1) is 10.2 Å². The molecule has 4 aliphatic rings. The third kappa shape index (κ3) is 1.79. The van der Waals surface area contributed by atoms with Crippen LogP contribution in [0, 0.1) is 24.7 Å². The molecule has 6 rings (SSSR count). The highest BCUT2D eigenvalue weighted by Crippen LogP contribution is 2.58. The van der Waals surface area contributed by atoms with Gasteiger partial charge in [-0.3, -0.25) is 0 Å². The quantitative estimate of drug-likeness (QED) is 0.850. The molecule has 1 aromatic carbocycles. The summed E-state index contributed by atoms with van der Waals surface area (Å²) in [7, 11) is 0. The lowest BCUT2D eigenvalue weighted by Gasteiger charge is -2.55. The lowest BCUT2D eigenvalue weighted by Crippen LogP contribution is -2.52. The van der Waals surface area contributed by atoms with Crippen LogP contribution in [0.1, 0.15) is 44.1 Å². The first-order chi connectivity index (χ1) is 10.7. The highest BCUT2D eigenvalue weighted by atomic mass is 15.6. The molecule has 0 saturated heterocycles. The average Bonchev–Trinajstić information content (AvgIpc) is 2.97. The van der Waals surface area contributed by atoms with Crippen LogP contribution in [0.5, 0.6) is 0 Å². The summed E-state index contributed by atoms with van der Waals surface area (Å²) in [5.74, 6) is 3.49. The van der Waals surface area contributed by atoms with Gasteiger partial charge in [-0.25, -0.2) is 0 Å². The molecule has 4 heteroatoms. The van der Waals surface area contributed by atoms with Gasteiger partial charge in [-0.1, -0.05) is 24.3 Å². The zero-order valence-corrected chi connectivity index (χ0v) is 13.1. The maximum Gasteiger partial charge on any atom is 0.205 e. The minimum Gasteiger partial charge on any atom is -0.158 e. The smallest absolute Gasteiger partial charge is 0.158 e. The molecule has 2 aromatic rings. The van der Waals surface area contributed by atoms with Gasteiger partial charge in [0.15, 0.2) is 0 Å². The molecule has 0 spiro atoms. The molecule has 0 N–H and O–H groups in total. The summed E-state index contributed by atoms with van der Waals surface area (Å²) >= 11 is 0. The van der Waals surface area contributed by atoms with Gasteiger partial charge in [-0.2, -0.15) is 4.80 Å². The van der Waals surface area contributed by atoms with E-state index in [-0.39, 0.29) is 5.54 Å². The summed E-state index contributed by atoms with van der Waals surface area (Å²) in [6.07, 6.45) is 8.13. The lowest BCUT2D eigenvalue weighted by molar-refractivity contribution is -0.0573. The van der Waals surface area contributed by atoms with Crippen molar-refractivity contribution < 1.29 is 0 Å². The van der Waals surface area contributed by atoms with Crippen molar-refractivity contribution in [1.82, 2.24) is 20.2 Å². The van der Waals surface area contributed by atoms with Crippen molar-refractivity contribution in [3.63, 3.8) is 0 Å². The molecule has 1 heterocycles. The molecule has 4 aliphatic carbocycles. The number of aromatic nitrogens is 4. The van der Waals surface area contributed by atoms with E-state index < -0.39 is 0 Å². The van der Waals surface area contributed by atoms with Gasteiger partial charge >= 0.3 is 0 Å². The highest BCUT2D eigenvalue weighted by Gasteiger charge is 2.53. The van der Waals surface area contributed by atoms with Crippen molar-refractivity contribution in [3.05, 3.63) is 29.8 Å². The maximum absolute atomic E-state index is 4.83. The van der Waals surface area contributed by atoms with Crippen LogP contribution in [0.4, 0.5) is 0 Å². The predicted molar refractivity (Wildman–Crippen MR) is 84.1 cm³/mol. The summed E-state index contributed by atoms with van der Waals surface area (Å²) < 4.78 is 0. The van der Waals surface area contributed by atoms with Crippen molar-refractivity contribution in [2.75, 3.05) is 0 Å². The molecule has 0 aliphatic heterocycles. The summed E-state index contributed by atoms with van der Waals surface area (Å²) in [6, 6.07) is 8.31. The van der Waals surface area contributed by atoms with Crippen molar-refractivity contribution in [3.8, 4) is 11.4 Å². The van der Waals surface area contributed by atoms with Gasteiger partial charge in [0.2, 0.25) is 5.82 Å². The first kappa shape index (κ1) is 12.8. The van der Waals surface area contributed by atoms with E-state index in [2.05, 4.69) is 35.4 Å². The molecule has 0 amide bonds. The van der Waals surface area contributed by atoms with Crippen LogP contribution in [-0.4, -0.2) is 20.2 Å². The molecule has 4 fully saturated rings. The minimum absolute atomic E-state index is 0.169. The normalized spacial score (nSPS) is 36.0. The van der Waals surface area contributed by atoms with Crippen LogP contribution in [0.15, 0.2) is 24.3 Å². The second-order valence-electron chi connectivity index (χ2n) is 7.86. The second kappa shape index (κ2) is 4.40. The number of benzene rings is 1. The molecule has 4 saturated carbocycles. The van der Waals surface area contributed by atoms with Crippen LogP contribution in [0.2, 0.25) is 0 Å². The van der Waals surface area contributed by atoms with Gasteiger partial charge in [0.1, 0.15) is 0 Å². The monoisotopic (exact) mass is 294 g/mol. The van der Waals surface area contributed by atoms with E-state index in [0.717, 1.165) is 29.1 Å². The Bertz CT molecular complexity index is 682. The van der Waals surface area contributed by atoms with Gasteiger partial charge in [0.05, 0.1) is 5.54 Å². The predicted octanol–water partition coefficient (Wildman–Crippen LogP) is 3.57. The first-order valence-electron chi connectivity index (χ1n) is 8.58. The summed E-state index contributed by atoms with van der Waals surface area (Å²) in [4.78, 5) is 2.00. The molecule has 0 radical (unpaired) electrons. The van der Waals surface area contributed by atoms with E-state index in [9.17, 15) is 0 Å². The Morgan fingerprint density at radius 2 is 1.64 bits per heavy atom. The third-order valence-electron chi connectivity index (χ3n) is 6.23. The fraction of sp³-hybridized carbons (Fsp3) is 0.611. The Balaban J connectivity index is 1.53. The van der Waals surface area contributed by atoms with E-state index in [1.165, 1.54) is 44.1 Å². The fourth-order valence-electron chi connectivity index (χ4n) is 5.66. The summed E-state index contributed by atoms with van der Waals surface area (Å²) in [5.41, 5.74) is 2.49. The molecule has 0 unspecified atom stereocenters. The van der Waals surface area contributed by atoms with E-state index in [4.69, 9.17) is 5.10 Å². The number of rotatable bonds is 2. The van der Waals surface area contributed by atoms with Crippen LogP contribution in [0.25, 0.3) is 11.4 Å². The largest absolute Gasteiger partial charge is 0.205 e. The summed E-state index contributed by atoms with van der Waals surface area (Å²) in [5, 5.41) is 13.7. The topological polar surface area (TPSA) is 43.6 Å². The zero-order valence-electron chi connectivity index (χ0n) is 13.1. The first-order valence-corrected chi connectivity index (χ1v) is 8.58. The van der Waals surface area contributed by atoms with Gasteiger partial charge < -0.3 is 0 Å². The zero-order chi connectivity index (χ0) is 14.7. The van der Waals surface area contributed by atoms with Crippen molar-refractivity contribution in [1.29, 1.82) is 0 Å². The van der Waals surface area contributed by atoms with Gasteiger partial charge in [0, 0.05) is 5.56 Å². The van der Waals surface area contributed by atoms with E-state index in [1.54, 1.807) is 0 Å². The lowest BCUT2D eigenvalue weighted by atomic mass is 9.53. The number of hydrogen-bond donors (Lipinski definition) is 0. The summed E-state index contributed by atoms with van der Waals surface area (Å²) in [6.45, 7) is 2.11. The molecule has 22 heavy (non-hydrogen) atoms. The van der Waals surface area contributed by atoms with Crippen LogP contribution >= 0.6 is 0 Å². The molecule has 114 valence electrons. The van der Waals surface area contributed by atoms with Gasteiger partial charge in [0.25, 0.3) is 0 Å². The number of nitrogens with zero attached hydrogens (tertiary/aromatic N) is 4. The molecule has 4 bridgehead atoms. The number of tetrazole rings is 1. The van der Waals surface area contributed by atoms with Crippen molar-refractivity contribution in [2.24, 2.45) is 17.8 Å². The Hall–Kier alpha value is -1.71. The average molecular weight is 294 g/mol. The van der Waals surface area contributed by atoms with Crippen molar-refractivity contribution >= 4 is 0 Å². The van der Waals surface area contributed by atoms with Gasteiger partial charge in [-0.05, 0) is 74.0 Å². The highest BCUT2D eigenvalue weighted by molar-refractivity contribution is 5.58. The molecular weight excluding hydrogens is 272 g/mol. The van der Waals surface area contributed by atoms with E-state index >= 15 is 0 Å². The van der Waals surface area contributed by atoms with E-state index in [0.29, 0.717) is 0 Å². The van der Waals surface area contributed by atoms with E-state index in [1.807, 2.05) is 10.9 Å². The molecule has 4 nitrogen and oxygen atoms in total. The third-order valence-corrected chi connectivity index (χ3v) is 6.23. The van der Waals surface area contributed by atoms with Crippen LogP contribution < -0.4 is 0 Å². The second-order valence-corrected chi connectivity index (χ2v) is 7.86. The number of hydrogen-bond acceptors (Lipinski definition) is 3. The molecule has 1 aromatic heterocycles. The Labute approximate surface area is 130 Å². The van der Waals surface area contributed by atoms with Crippen LogP contribution in [0.3, 0.4) is 0 Å². The maximum atomic E-state index is 4.83. The Kier molecular flexibility index (Phi) is 2.56. The number of aryl methyl sites for hydroxylation is 1. The minimum atomic E-state index is 0.169.